The summed E-state index contributed by atoms with van der Waals surface area (Å²) in [5.41, 5.74) is 0. The van der Waals surface area contributed by atoms with Gasteiger partial charge in [0.2, 0.25) is 0 Å². The highest BCUT2D eigenvalue weighted by atomic mass is 15.3. The van der Waals surface area contributed by atoms with Crippen molar-refractivity contribution in [2.75, 3.05) is 54.4 Å². The van der Waals surface area contributed by atoms with Gasteiger partial charge in [-0.15, -0.1) is 13.2 Å². The fraction of sp³-hybridized carbons (Fsp3) is 0.862. The zero-order valence-corrected chi connectivity index (χ0v) is 22.3. The number of hydrogen-bond acceptors (Lipinski definition) is 0. The molecule has 0 aromatic heterocycles. The zero-order valence-electron chi connectivity index (χ0n) is 22.3. The standard InChI is InChI=1S/C29H60N2/c1-7-9-11-13-15-17-19-21-23-26-30(3,4)28-25-29-31(5,6)27-24-22-20-18-16-14-12-10-8-2/h7-8H,1-2,9-29H2,3-6H3/q+2. The molecule has 0 aromatic carbocycles. The summed E-state index contributed by atoms with van der Waals surface area (Å²) >= 11 is 0. The van der Waals surface area contributed by atoms with Crippen LogP contribution < -0.4 is 0 Å². The predicted molar refractivity (Wildman–Crippen MR) is 143 cm³/mol. The third-order valence-corrected chi connectivity index (χ3v) is 6.87. The lowest BCUT2D eigenvalue weighted by molar-refractivity contribution is -0.909. The first-order valence-corrected chi connectivity index (χ1v) is 13.7. The van der Waals surface area contributed by atoms with Crippen LogP contribution in [0.4, 0.5) is 0 Å². The monoisotopic (exact) mass is 436 g/mol. The van der Waals surface area contributed by atoms with Crippen molar-refractivity contribution < 1.29 is 8.97 Å². The number of rotatable bonds is 24. The molecule has 0 aliphatic rings. The van der Waals surface area contributed by atoms with E-state index in [2.05, 4.69) is 53.5 Å². The lowest BCUT2D eigenvalue weighted by Crippen LogP contribution is -2.46. The van der Waals surface area contributed by atoms with Gasteiger partial charge in [0.15, 0.2) is 0 Å². The van der Waals surface area contributed by atoms with Crippen molar-refractivity contribution in [1.29, 1.82) is 0 Å². The molecule has 184 valence electrons. The largest absolute Gasteiger partial charge is 0.328 e. The second-order valence-electron chi connectivity index (χ2n) is 11.2. The molecule has 0 aromatic rings. The molecule has 31 heavy (non-hydrogen) atoms. The van der Waals surface area contributed by atoms with Crippen LogP contribution in [-0.4, -0.2) is 63.3 Å². The van der Waals surface area contributed by atoms with Crippen LogP contribution in [-0.2, 0) is 0 Å². The molecule has 0 rings (SSSR count). The fourth-order valence-corrected chi connectivity index (χ4v) is 4.58. The first-order chi connectivity index (χ1) is 14.8. The van der Waals surface area contributed by atoms with Crippen molar-refractivity contribution in [3.05, 3.63) is 25.3 Å². The molecule has 0 atom stereocenters. The molecule has 2 nitrogen and oxygen atoms in total. The molecule has 0 aliphatic heterocycles. The Bertz CT molecular complexity index is 373. The Kier molecular flexibility index (Phi) is 19.7. The summed E-state index contributed by atoms with van der Waals surface area (Å²) in [5.74, 6) is 0. The maximum atomic E-state index is 3.80. The summed E-state index contributed by atoms with van der Waals surface area (Å²) in [5, 5.41) is 0. The Morgan fingerprint density at radius 3 is 0.968 bits per heavy atom. The Labute approximate surface area is 198 Å². The Balaban J connectivity index is 3.64. The second kappa shape index (κ2) is 20.0. The Morgan fingerprint density at radius 1 is 0.387 bits per heavy atom. The van der Waals surface area contributed by atoms with Crippen molar-refractivity contribution in [3.8, 4) is 0 Å². The minimum absolute atomic E-state index is 1.19. The molecule has 0 bridgehead atoms. The summed E-state index contributed by atoms with van der Waals surface area (Å²) in [4.78, 5) is 0. The molecule has 0 saturated carbocycles. The molecule has 0 unspecified atom stereocenters. The fourth-order valence-electron chi connectivity index (χ4n) is 4.58. The van der Waals surface area contributed by atoms with Gasteiger partial charge in [0, 0.05) is 6.42 Å². The van der Waals surface area contributed by atoms with E-state index >= 15 is 0 Å². The van der Waals surface area contributed by atoms with E-state index < -0.39 is 0 Å². The average molecular weight is 437 g/mol. The Hall–Kier alpha value is -0.600. The van der Waals surface area contributed by atoms with Crippen LogP contribution in [0.25, 0.3) is 0 Å². The number of quaternary nitrogens is 2. The summed E-state index contributed by atoms with van der Waals surface area (Å²) in [7, 11) is 9.74. The highest BCUT2D eigenvalue weighted by molar-refractivity contribution is 4.65. The van der Waals surface area contributed by atoms with Crippen LogP contribution in [0.1, 0.15) is 109 Å². The van der Waals surface area contributed by atoms with Crippen LogP contribution in [0.15, 0.2) is 25.3 Å². The molecule has 0 aliphatic carbocycles. The molecule has 0 radical (unpaired) electrons. The molecular weight excluding hydrogens is 376 g/mol. The topological polar surface area (TPSA) is 0 Å². The number of allylic oxidation sites excluding steroid dienone is 2. The third-order valence-electron chi connectivity index (χ3n) is 6.87. The first-order valence-electron chi connectivity index (χ1n) is 13.7. The van der Waals surface area contributed by atoms with Crippen molar-refractivity contribution >= 4 is 0 Å². The van der Waals surface area contributed by atoms with Gasteiger partial charge in [0.05, 0.1) is 54.4 Å². The quantitative estimate of drug-likeness (QED) is 0.0813. The van der Waals surface area contributed by atoms with Gasteiger partial charge in [-0.1, -0.05) is 63.5 Å². The van der Waals surface area contributed by atoms with Crippen molar-refractivity contribution in [3.63, 3.8) is 0 Å². The van der Waals surface area contributed by atoms with E-state index in [1.807, 2.05) is 0 Å². The van der Waals surface area contributed by atoms with E-state index in [0.717, 1.165) is 0 Å². The molecule has 0 heterocycles. The van der Waals surface area contributed by atoms with E-state index in [1.165, 1.54) is 144 Å². The summed E-state index contributed by atoms with van der Waals surface area (Å²) in [6, 6.07) is 0. The number of unbranched alkanes of at least 4 members (excludes halogenated alkanes) is 14. The first kappa shape index (κ1) is 30.4. The van der Waals surface area contributed by atoms with E-state index in [1.54, 1.807) is 0 Å². The average Bonchev–Trinajstić information content (AvgIpc) is 2.71. The van der Waals surface area contributed by atoms with Crippen LogP contribution >= 0.6 is 0 Å². The summed E-state index contributed by atoms with van der Waals surface area (Å²) < 4.78 is 2.40. The van der Waals surface area contributed by atoms with Gasteiger partial charge in [-0.2, -0.15) is 0 Å². The molecule has 0 N–H and O–H groups in total. The lowest BCUT2D eigenvalue weighted by Gasteiger charge is -2.33. The molecule has 0 spiro atoms. The molecule has 0 saturated heterocycles. The van der Waals surface area contributed by atoms with Crippen molar-refractivity contribution in [1.82, 2.24) is 0 Å². The van der Waals surface area contributed by atoms with Gasteiger partial charge in [-0.25, -0.2) is 0 Å². The van der Waals surface area contributed by atoms with Crippen LogP contribution in [0.3, 0.4) is 0 Å². The van der Waals surface area contributed by atoms with Gasteiger partial charge >= 0.3 is 0 Å². The summed E-state index contributed by atoms with van der Waals surface area (Å²) in [6.45, 7) is 13.0. The smallest absolute Gasteiger partial charge is 0.0836 e. The van der Waals surface area contributed by atoms with E-state index in [4.69, 9.17) is 0 Å². The van der Waals surface area contributed by atoms with Crippen molar-refractivity contribution in [2.45, 2.75) is 109 Å². The molecule has 0 amide bonds. The normalized spacial score (nSPS) is 12.3. The lowest BCUT2D eigenvalue weighted by atomic mass is 10.1. The highest BCUT2D eigenvalue weighted by Gasteiger charge is 2.19. The number of hydrogen-bond donors (Lipinski definition) is 0. The molecular formula is C29H60N2+2. The maximum Gasteiger partial charge on any atom is 0.0836 e. The van der Waals surface area contributed by atoms with Crippen LogP contribution in [0.5, 0.6) is 0 Å². The van der Waals surface area contributed by atoms with Gasteiger partial charge < -0.3 is 8.97 Å². The van der Waals surface area contributed by atoms with Gasteiger partial charge in [0.25, 0.3) is 0 Å². The highest BCUT2D eigenvalue weighted by Crippen LogP contribution is 2.13. The summed E-state index contributed by atoms with van der Waals surface area (Å²) in [6.07, 6.45) is 27.4. The molecule has 0 fully saturated rings. The minimum atomic E-state index is 1.19. The van der Waals surface area contributed by atoms with Crippen molar-refractivity contribution in [2.24, 2.45) is 0 Å². The number of nitrogens with zero attached hydrogens (tertiary/aromatic N) is 2. The van der Waals surface area contributed by atoms with Gasteiger partial charge in [-0.05, 0) is 51.4 Å². The van der Waals surface area contributed by atoms with Crippen LogP contribution in [0.2, 0.25) is 0 Å². The maximum absolute atomic E-state index is 3.80. The second-order valence-corrected chi connectivity index (χ2v) is 11.2. The minimum Gasteiger partial charge on any atom is -0.328 e. The predicted octanol–water partition coefficient (Wildman–Crippen LogP) is 8.14. The Morgan fingerprint density at radius 2 is 0.645 bits per heavy atom. The van der Waals surface area contributed by atoms with Gasteiger partial charge in [-0.3, -0.25) is 0 Å². The van der Waals surface area contributed by atoms with Gasteiger partial charge in [0.1, 0.15) is 0 Å². The van der Waals surface area contributed by atoms with E-state index in [9.17, 15) is 0 Å². The van der Waals surface area contributed by atoms with E-state index in [-0.39, 0.29) is 0 Å². The van der Waals surface area contributed by atoms with E-state index in [0.29, 0.717) is 0 Å². The SMILES string of the molecule is C=CCCCCCCCCC[N+](C)(C)CCC[N+](C)(C)CCCCCCCCCC=C. The zero-order chi connectivity index (χ0) is 23.3. The third kappa shape index (κ3) is 22.4. The van der Waals surface area contributed by atoms with Crippen LogP contribution in [0, 0.1) is 0 Å². The molecule has 2 heteroatoms.